The number of carbonyl (C=O) groups is 2. The van der Waals surface area contributed by atoms with Crippen LogP contribution in [0.3, 0.4) is 0 Å². The average Bonchev–Trinajstić information content (AvgIpc) is 2.59. The van der Waals surface area contributed by atoms with E-state index >= 15 is 0 Å². The van der Waals surface area contributed by atoms with Gasteiger partial charge in [0.2, 0.25) is 5.91 Å². The molecule has 1 fully saturated rings. The Bertz CT molecular complexity index is 573. The van der Waals surface area contributed by atoms with Crippen LogP contribution in [0.2, 0.25) is 0 Å². The number of hydrogen-bond acceptors (Lipinski definition) is 5. The monoisotopic (exact) mass is 348 g/mol. The summed E-state index contributed by atoms with van der Waals surface area (Å²) in [4.78, 5) is 25.2. The molecule has 6 nitrogen and oxygen atoms in total. The van der Waals surface area contributed by atoms with Crippen molar-refractivity contribution in [3.63, 3.8) is 0 Å². The van der Waals surface area contributed by atoms with Gasteiger partial charge >= 0.3 is 5.97 Å². The van der Waals surface area contributed by atoms with Crippen LogP contribution in [0.15, 0.2) is 24.3 Å². The first-order chi connectivity index (χ1) is 12.0. The van der Waals surface area contributed by atoms with E-state index < -0.39 is 6.10 Å². The van der Waals surface area contributed by atoms with Crippen molar-refractivity contribution in [2.75, 3.05) is 29.9 Å². The van der Waals surface area contributed by atoms with Crippen LogP contribution in [0.1, 0.15) is 39.5 Å². The van der Waals surface area contributed by atoms with Gasteiger partial charge in [0, 0.05) is 37.3 Å². The number of aliphatic hydroxyl groups excluding tert-OH is 1. The summed E-state index contributed by atoms with van der Waals surface area (Å²) in [5.41, 5.74) is 1.75. The fourth-order valence-electron chi connectivity index (χ4n) is 2.78. The van der Waals surface area contributed by atoms with E-state index in [9.17, 15) is 14.7 Å². The minimum atomic E-state index is -0.759. The van der Waals surface area contributed by atoms with Crippen LogP contribution in [0, 0.1) is 5.92 Å². The molecule has 2 N–H and O–H groups in total. The molecule has 138 valence electrons. The smallest absolute Gasteiger partial charge is 0.305 e. The van der Waals surface area contributed by atoms with Gasteiger partial charge in [-0.05, 0) is 43.0 Å². The van der Waals surface area contributed by atoms with E-state index in [0.29, 0.717) is 25.3 Å². The number of anilines is 2. The highest BCUT2D eigenvalue weighted by molar-refractivity contribution is 5.94. The molecule has 0 aromatic heterocycles. The number of piperidine rings is 1. The zero-order chi connectivity index (χ0) is 18.2. The van der Waals surface area contributed by atoms with Crippen molar-refractivity contribution >= 4 is 23.3 Å². The number of aliphatic hydroxyl groups is 1. The molecular formula is C19H28N2O4. The standard InChI is InChI=1S/C19H28N2O4/c1-3-4-19(24)25-13-17(22)12-20-15-5-7-16(8-6-15)21-10-9-14(2)11-18(21)23/h5-8,14,17,20,22H,3-4,9-13H2,1-2H3. The normalized spacial score (nSPS) is 18.8. The highest BCUT2D eigenvalue weighted by Crippen LogP contribution is 2.25. The molecule has 1 aliphatic rings. The summed E-state index contributed by atoms with van der Waals surface area (Å²) in [7, 11) is 0. The molecule has 1 aliphatic heterocycles. The van der Waals surface area contributed by atoms with Gasteiger partial charge < -0.3 is 20.1 Å². The fraction of sp³-hybridized carbons (Fsp3) is 0.579. The van der Waals surface area contributed by atoms with Crippen molar-refractivity contribution in [2.45, 2.75) is 45.6 Å². The molecule has 0 bridgehead atoms. The number of carbonyl (C=O) groups excluding carboxylic acids is 2. The molecule has 1 aromatic carbocycles. The lowest BCUT2D eigenvalue weighted by atomic mass is 9.98. The second-order valence-electron chi connectivity index (χ2n) is 6.66. The van der Waals surface area contributed by atoms with Crippen molar-refractivity contribution in [3.8, 4) is 0 Å². The van der Waals surface area contributed by atoms with E-state index in [1.54, 1.807) is 0 Å². The second-order valence-corrected chi connectivity index (χ2v) is 6.66. The van der Waals surface area contributed by atoms with Gasteiger partial charge in [-0.25, -0.2) is 0 Å². The number of ether oxygens (including phenoxy) is 1. The Morgan fingerprint density at radius 2 is 2.12 bits per heavy atom. The van der Waals surface area contributed by atoms with E-state index in [1.165, 1.54) is 0 Å². The van der Waals surface area contributed by atoms with Crippen LogP contribution in [0.5, 0.6) is 0 Å². The Kier molecular flexibility index (Phi) is 7.25. The number of hydrogen-bond donors (Lipinski definition) is 2. The largest absolute Gasteiger partial charge is 0.463 e. The lowest BCUT2D eigenvalue weighted by molar-refractivity contribution is -0.146. The highest BCUT2D eigenvalue weighted by Gasteiger charge is 2.23. The quantitative estimate of drug-likeness (QED) is 0.706. The molecule has 6 heteroatoms. The highest BCUT2D eigenvalue weighted by atomic mass is 16.5. The van der Waals surface area contributed by atoms with Gasteiger partial charge in [-0.15, -0.1) is 0 Å². The summed E-state index contributed by atoms with van der Waals surface area (Å²) in [5, 5.41) is 13.0. The predicted octanol–water partition coefficient (Wildman–Crippen LogP) is 2.57. The molecule has 2 unspecified atom stereocenters. The molecule has 2 atom stereocenters. The first kappa shape index (κ1) is 19.2. The van der Waals surface area contributed by atoms with Crippen molar-refractivity contribution in [3.05, 3.63) is 24.3 Å². The first-order valence-corrected chi connectivity index (χ1v) is 8.97. The van der Waals surface area contributed by atoms with E-state index in [0.717, 1.165) is 30.8 Å². The van der Waals surface area contributed by atoms with Crippen LogP contribution in [0.25, 0.3) is 0 Å². The number of amides is 1. The van der Waals surface area contributed by atoms with Gasteiger partial charge in [0.25, 0.3) is 0 Å². The van der Waals surface area contributed by atoms with Crippen LogP contribution in [-0.4, -0.2) is 42.8 Å². The summed E-state index contributed by atoms with van der Waals surface area (Å²) in [5.74, 6) is 0.341. The van der Waals surface area contributed by atoms with Gasteiger partial charge in [-0.3, -0.25) is 9.59 Å². The Balaban J connectivity index is 1.78. The minimum Gasteiger partial charge on any atom is -0.463 e. The lowest BCUT2D eigenvalue weighted by Crippen LogP contribution is -2.38. The third-order valence-electron chi connectivity index (χ3n) is 4.28. The topological polar surface area (TPSA) is 78.9 Å². The Labute approximate surface area is 149 Å². The molecule has 0 spiro atoms. The molecule has 1 aromatic rings. The lowest BCUT2D eigenvalue weighted by Gasteiger charge is -2.30. The summed E-state index contributed by atoms with van der Waals surface area (Å²) < 4.78 is 4.98. The van der Waals surface area contributed by atoms with Crippen LogP contribution in [-0.2, 0) is 14.3 Å². The van der Waals surface area contributed by atoms with Gasteiger partial charge in [0.05, 0.1) is 0 Å². The van der Waals surface area contributed by atoms with E-state index in [-0.39, 0.29) is 18.5 Å². The van der Waals surface area contributed by atoms with E-state index in [1.807, 2.05) is 36.1 Å². The van der Waals surface area contributed by atoms with Gasteiger partial charge in [0.15, 0.2) is 0 Å². The Morgan fingerprint density at radius 3 is 2.76 bits per heavy atom. The van der Waals surface area contributed by atoms with Crippen molar-refractivity contribution in [1.82, 2.24) is 0 Å². The number of benzene rings is 1. The van der Waals surface area contributed by atoms with Crippen molar-refractivity contribution < 1.29 is 19.4 Å². The molecule has 25 heavy (non-hydrogen) atoms. The molecule has 2 rings (SSSR count). The number of nitrogens with zero attached hydrogens (tertiary/aromatic N) is 1. The number of rotatable bonds is 8. The SMILES string of the molecule is CCCC(=O)OCC(O)CNc1ccc(N2CCC(C)CC2=O)cc1. The second kappa shape index (κ2) is 9.42. The summed E-state index contributed by atoms with van der Waals surface area (Å²) in [6.07, 6.45) is 1.97. The van der Waals surface area contributed by atoms with Crippen LogP contribution < -0.4 is 10.2 Å². The van der Waals surface area contributed by atoms with Crippen LogP contribution >= 0.6 is 0 Å². The number of nitrogens with one attached hydrogen (secondary N) is 1. The maximum absolute atomic E-state index is 12.1. The minimum absolute atomic E-state index is 0.00954. The fourth-order valence-corrected chi connectivity index (χ4v) is 2.78. The van der Waals surface area contributed by atoms with Crippen LogP contribution in [0.4, 0.5) is 11.4 Å². The first-order valence-electron chi connectivity index (χ1n) is 8.97. The molecule has 1 saturated heterocycles. The Morgan fingerprint density at radius 1 is 1.40 bits per heavy atom. The number of esters is 1. The molecule has 1 amide bonds. The van der Waals surface area contributed by atoms with E-state index in [4.69, 9.17) is 4.74 Å². The van der Waals surface area contributed by atoms with E-state index in [2.05, 4.69) is 12.2 Å². The van der Waals surface area contributed by atoms with Crippen molar-refractivity contribution in [1.29, 1.82) is 0 Å². The summed E-state index contributed by atoms with van der Waals surface area (Å²) in [6, 6.07) is 7.58. The third kappa shape index (κ3) is 6.05. The van der Waals surface area contributed by atoms with Gasteiger partial charge in [-0.1, -0.05) is 13.8 Å². The molecule has 1 heterocycles. The van der Waals surface area contributed by atoms with Crippen molar-refractivity contribution in [2.24, 2.45) is 5.92 Å². The summed E-state index contributed by atoms with van der Waals surface area (Å²) >= 11 is 0. The molecular weight excluding hydrogens is 320 g/mol. The van der Waals surface area contributed by atoms with Gasteiger partial charge in [0.1, 0.15) is 12.7 Å². The third-order valence-corrected chi connectivity index (χ3v) is 4.28. The van der Waals surface area contributed by atoms with Gasteiger partial charge in [-0.2, -0.15) is 0 Å². The average molecular weight is 348 g/mol. The zero-order valence-electron chi connectivity index (χ0n) is 15.0. The Hall–Kier alpha value is -2.08. The maximum atomic E-state index is 12.1. The molecule has 0 radical (unpaired) electrons. The summed E-state index contributed by atoms with van der Waals surface area (Å²) in [6.45, 7) is 5.05. The zero-order valence-corrected chi connectivity index (χ0v) is 15.0. The maximum Gasteiger partial charge on any atom is 0.305 e. The molecule has 0 aliphatic carbocycles. The predicted molar refractivity (Wildman–Crippen MR) is 97.6 cm³/mol. The molecule has 0 saturated carbocycles.